The standard InChI is InChI=1S/C24H28ClN7O4S/c1-3-31(4-2)37(35,36)21-10-8-19(9-11-21)28-23-22(32(33)34)24(27-17-26-23)30-14-12-29(13-15-30)20-7-5-6-18(25)16-20/h5-11,16-17H,3-4,12-15H2,1-2H3,(H,26,27,28). The van der Waals surface area contributed by atoms with E-state index in [9.17, 15) is 18.5 Å². The molecule has 1 saturated heterocycles. The Kier molecular flexibility index (Phi) is 8.10. The Morgan fingerprint density at radius 2 is 1.68 bits per heavy atom. The lowest BCUT2D eigenvalue weighted by Crippen LogP contribution is -2.47. The fraction of sp³-hybridized carbons (Fsp3) is 0.333. The SMILES string of the molecule is CCN(CC)S(=O)(=O)c1ccc(Nc2ncnc(N3CCN(c4cccc(Cl)c4)CC3)c2[N+](=O)[O-])cc1. The van der Waals surface area contributed by atoms with Gasteiger partial charge in [-0.2, -0.15) is 4.31 Å². The predicted molar refractivity (Wildman–Crippen MR) is 144 cm³/mol. The van der Waals surface area contributed by atoms with E-state index >= 15 is 0 Å². The van der Waals surface area contributed by atoms with Gasteiger partial charge in [-0.25, -0.2) is 18.4 Å². The lowest BCUT2D eigenvalue weighted by molar-refractivity contribution is -0.383. The maximum Gasteiger partial charge on any atom is 0.353 e. The summed E-state index contributed by atoms with van der Waals surface area (Å²) in [5, 5.41) is 15.7. The van der Waals surface area contributed by atoms with Gasteiger partial charge in [0.05, 0.1) is 9.82 Å². The van der Waals surface area contributed by atoms with Crippen molar-refractivity contribution < 1.29 is 13.3 Å². The molecule has 0 atom stereocenters. The Labute approximate surface area is 220 Å². The number of nitrogens with zero attached hydrogens (tertiary/aromatic N) is 6. The summed E-state index contributed by atoms with van der Waals surface area (Å²) in [5.74, 6) is 0.264. The molecule has 2 heterocycles. The normalized spacial score (nSPS) is 14.2. The highest BCUT2D eigenvalue weighted by atomic mass is 35.5. The van der Waals surface area contributed by atoms with Gasteiger partial charge in [-0.15, -0.1) is 0 Å². The second-order valence-corrected chi connectivity index (χ2v) is 10.7. The van der Waals surface area contributed by atoms with Crippen molar-refractivity contribution in [2.45, 2.75) is 18.7 Å². The van der Waals surface area contributed by atoms with Gasteiger partial charge in [-0.05, 0) is 42.5 Å². The van der Waals surface area contributed by atoms with Crippen LogP contribution in [-0.2, 0) is 10.0 Å². The molecule has 0 bridgehead atoms. The number of piperazine rings is 1. The van der Waals surface area contributed by atoms with Crippen molar-refractivity contribution in [3.63, 3.8) is 0 Å². The topological polar surface area (TPSA) is 125 Å². The van der Waals surface area contributed by atoms with E-state index in [1.165, 1.54) is 22.8 Å². The molecule has 0 unspecified atom stereocenters. The molecule has 0 radical (unpaired) electrons. The maximum absolute atomic E-state index is 12.7. The number of sulfonamides is 1. The third-order valence-electron chi connectivity index (χ3n) is 6.20. The van der Waals surface area contributed by atoms with E-state index in [1.807, 2.05) is 29.2 Å². The van der Waals surface area contributed by atoms with Crippen LogP contribution in [0.3, 0.4) is 0 Å². The van der Waals surface area contributed by atoms with Gasteiger partial charge in [0.25, 0.3) is 0 Å². The molecule has 1 aliphatic rings. The molecule has 1 aromatic heterocycles. The minimum atomic E-state index is -3.61. The second kappa shape index (κ2) is 11.3. The summed E-state index contributed by atoms with van der Waals surface area (Å²) < 4.78 is 26.8. The number of aromatic nitrogens is 2. The van der Waals surface area contributed by atoms with Gasteiger partial charge in [0.2, 0.25) is 21.7 Å². The molecule has 0 aliphatic carbocycles. The number of hydrogen-bond acceptors (Lipinski definition) is 9. The van der Waals surface area contributed by atoms with Crippen molar-refractivity contribution in [2.24, 2.45) is 0 Å². The van der Waals surface area contributed by atoms with Crippen LogP contribution in [-0.4, -0.2) is 66.9 Å². The van der Waals surface area contributed by atoms with E-state index < -0.39 is 14.9 Å². The molecule has 2 aromatic carbocycles. The highest BCUT2D eigenvalue weighted by molar-refractivity contribution is 7.89. The third-order valence-corrected chi connectivity index (χ3v) is 8.50. The maximum atomic E-state index is 12.7. The van der Waals surface area contributed by atoms with Crippen LogP contribution in [0, 0.1) is 10.1 Å². The minimum absolute atomic E-state index is 0.0339. The van der Waals surface area contributed by atoms with Crippen LogP contribution in [0.5, 0.6) is 0 Å². The first-order chi connectivity index (χ1) is 17.7. The average Bonchev–Trinajstić information content (AvgIpc) is 2.89. The second-order valence-electron chi connectivity index (χ2n) is 8.34. The van der Waals surface area contributed by atoms with Crippen LogP contribution in [0.25, 0.3) is 0 Å². The smallest absolute Gasteiger partial charge is 0.353 e. The molecule has 37 heavy (non-hydrogen) atoms. The van der Waals surface area contributed by atoms with Crippen LogP contribution < -0.4 is 15.1 Å². The number of hydrogen-bond donors (Lipinski definition) is 1. The zero-order chi connectivity index (χ0) is 26.6. The van der Waals surface area contributed by atoms with Gasteiger partial charge in [-0.3, -0.25) is 10.1 Å². The quantitative estimate of drug-likeness (QED) is 0.312. The van der Waals surface area contributed by atoms with Gasteiger partial charge in [0, 0.05) is 55.7 Å². The summed E-state index contributed by atoms with van der Waals surface area (Å²) in [6.45, 7) is 6.63. The molecule has 0 amide bonds. The fourth-order valence-electron chi connectivity index (χ4n) is 4.27. The summed E-state index contributed by atoms with van der Waals surface area (Å²) in [4.78, 5) is 24.1. The summed E-state index contributed by atoms with van der Waals surface area (Å²) in [6.07, 6.45) is 1.28. The highest BCUT2D eigenvalue weighted by Crippen LogP contribution is 2.34. The molecule has 0 saturated carbocycles. The average molecular weight is 546 g/mol. The summed E-state index contributed by atoms with van der Waals surface area (Å²) in [6, 6.07) is 13.6. The number of nitro groups is 1. The number of halogens is 1. The number of rotatable bonds is 9. The molecule has 1 fully saturated rings. The Balaban J connectivity index is 1.53. The zero-order valence-corrected chi connectivity index (χ0v) is 22.1. The largest absolute Gasteiger partial charge is 0.368 e. The first kappa shape index (κ1) is 26.6. The molecule has 4 rings (SSSR count). The van der Waals surface area contributed by atoms with Gasteiger partial charge in [-0.1, -0.05) is 31.5 Å². The lowest BCUT2D eigenvalue weighted by atomic mass is 10.2. The molecule has 1 N–H and O–H groups in total. The monoisotopic (exact) mass is 545 g/mol. The van der Waals surface area contributed by atoms with Crippen molar-refractivity contribution in [1.29, 1.82) is 0 Å². The molecule has 3 aromatic rings. The van der Waals surface area contributed by atoms with Crippen LogP contribution in [0.1, 0.15) is 13.8 Å². The number of benzene rings is 2. The number of anilines is 4. The van der Waals surface area contributed by atoms with Gasteiger partial charge < -0.3 is 15.1 Å². The highest BCUT2D eigenvalue weighted by Gasteiger charge is 2.30. The first-order valence-corrected chi connectivity index (χ1v) is 13.7. The minimum Gasteiger partial charge on any atom is -0.368 e. The van der Waals surface area contributed by atoms with E-state index in [4.69, 9.17) is 11.6 Å². The fourth-order valence-corrected chi connectivity index (χ4v) is 5.91. The van der Waals surface area contributed by atoms with E-state index in [-0.39, 0.29) is 22.2 Å². The van der Waals surface area contributed by atoms with Crippen molar-refractivity contribution in [3.05, 3.63) is 70.0 Å². The summed E-state index contributed by atoms with van der Waals surface area (Å²) in [5.41, 5.74) is 1.23. The third kappa shape index (κ3) is 5.76. The van der Waals surface area contributed by atoms with E-state index in [1.54, 1.807) is 26.0 Å². The molecular weight excluding hydrogens is 518 g/mol. The van der Waals surface area contributed by atoms with E-state index in [2.05, 4.69) is 20.2 Å². The Morgan fingerprint density at radius 1 is 1.03 bits per heavy atom. The molecular formula is C24H28ClN7O4S. The van der Waals surface area contributed by atoms with Crippen LogP contribution in [0.15, 0.2) is 59.8 Å². The van der Waals surface area contributed by atoms with Crippen LogP contribution in [0.2, 0.25) is 5.02 Å². The molecule has 0 spiro atoms. The predicted octanol–water partition coefficient (Wildman–Crippen LogP) is 4.14. The zero-order valence-electron chi connectivity index (χ0n) is 20.5. The van der Waals surface area contributed by atoms with Crippen molar-refractivity contribution in [3.8, 4) is 0 Å². The van der Waals surface area contributed by atoms with E-state index in [0.29, 0.717) is 50.0 Å². The Hall–Kier alpha value is -3.48. The molecule has 11 nitrogen and oxygen atoms in total. The summed E-state index contributed by atoms with van der Waals surface area (Å²) >= 11 is 6.12. The first-order valence-electron chi connectivity index (χ1n) is 11.9. The lowest BCUT2D eigenvalue weighted by Gasteiger charge is -2.36. The Bertz CT molecular complexity index is 1360. The van der Waals surface area contributed by atoms with Gasteiger partial charge in [0.1, 0.15) is 6.33 Å². The number of nitrogens with one attached hydrogen (secondary N) is 1. The van der Waals surface area contributed by atoms with Crippen molar-refractivity contribution in [2.75, 3.05) is 54.4 Å². The Morgan fingerprint density at radius 3 is 2.27 bits per heavy atom. The van der Waals surface area contributed by atoms with Crippen LogP contribution >= 0.6 is 11.6 Å². The summed E-state index contributed by atoms with van der Waals surface area (Å²) in [7, 11) is -3.61. The molecule has 196 valence electrons. The van der Waals surface area contributed by atoms with E-state index in [0.717, 1.165) is 5.69 Å². The van der Waals surface area contributed by atoms with Crippen molar-refractivity contribution in [1.82, 2.24) is 14.3 Å². The molecule has 13 heteroatoms. The van der Waals surface area contributed by atoms with Gasteiger partial charge in [0.15, 0.2) is 0 Å². The molecule has 1 aliphatic heterocycles. The van der Waals surface area contributed by atoms with Gasteiger partial charge >= 0.3 is 5.69 Å². The van der Waals surface area contributed by atoms with Crippen molar-refractivity contribution >= 4 is 50.3 Å². The van der Waals surface area contributed by atoms with Crippen LogP contribution in [0.4, 0.5) is 28.7 Å².